The molecule has 1 atom stereocenters. The average Bonchev–Trinajstić information content (AvgIpc) is 2.61. The van der Waals surface area contributed by atoms with Crippen molar-refractivity contribution >= 4 is 29.1 Å². The highest BCUT2D eigenvalue weighted by molar-refractivity contribution is 7.85. The quantitative estimate of drug-likeness (QED) is 0.590. The van der Waals surface area contributed by atoms with Crippen LogP contribution in [0.15, 0.2) is 46.8 Å². The Morgan fingerprint density at radius 1 is 1.14 bits per heavy atom. The molecule has 2 aromatic carbocycles. The molecule has 1 unspecified atom stereocenters. The molecule has 0 saturated heterocycles. The highest BCUT2D eigenvalue weighted by Gasteiger charge is 2.48. The van der Waals surface area contributed by atoms with Gasteiger partial charge in [-0.3, -0.25) is 4.99 Å². The van der Waals surface area contributed by atoms with Gasteiger partial charge >= 0.3 is 0 Å². The summed E-state index contributed by atoms with van der Waals surface area (Å²) in [5.41, 5.74) is 4.31. The first-order chi connectivity index (χ1) is 12.9. The third-order valence-electron chi connectivity index (χ3n) is 6.48. The summed E-state index contributed by atoms with van der Waals surface area (Å²) in [7, 11) is 1.77. The maximum absolute atomic E-state index is 5.50. The molecule has 2 nitrogen and oxygen atoms in total. The Kier molecular flexibility index (Phi) is 5.31. The first-order valence-electron chi connectivity index (χ1n) is 9.98. The smallest absolute Gasteiger partial charge is 0.0784 e. The zero-order valence-electron chi connectivity index (χ0n) is 18.3. The number of nitrogens with zero attached hydrogens (tertiary/aromatic N) is 1. The van der Waals surface area contributed by atoms with E-state index >= 15 is 0 Å². The molecule has 1 heterocycles. The molecule has 28 heavy (non-hydrogen) atoms. The van der Waals surface area contributed by atoms with Crippen LogP contribution in [-0.4, -0.2) is 25.0 Å². The topological polar surface area (TPSA) is 21.6 Å². The Bertz CT molecular complexity index is 964. The Labute approximate surface area is 175 Å². The van der Waals surface area contributed by atoms with E-state index in [2.05, 4.69) is 91.1 Å². The molecular formula is C25H33NOS. The van der Waals surface area contributed by atoms with E-state index in [1.165, 1.54) is 27.5 Å². The lowest BCUT2D eigenvalue weighted by Gasteiger charge is -2.48. The second-order valence-electron chi connectivity index (χ2n) is 9.68. The van der Waals surface area contributed by atoms with E-state index in [0.717, 1.165) is 17.0 Å². The van der Waals surface area contributed by atoms with E-state index in [1.54, 1.807) is 7.11 Å². The second kappa shape index (κ2) is 7.03. The fraction of sp³-hybridized carbons (Fsp3) is 0.480. The van der Waals surface area contributed by atoms with E-state index in [-0.39, 0.29) is 16.4 Å². The lowest BCUT2D eigenvalue weighted by molar-refractivity contribution is 0.144. The fourth-order valence-corrected chi connectivity index (χ4v) is 4.67. The summed E-state index contributed by atoms with van der Waals surface area (Å²) >= 11 is 4.62. The van der Waals surface area contributed by atoms with Crippen molar-refractivity contribution in [3.05, 3.63) is 58.5 Å². The first-order valence-corrected chi connectivity index (χ1v) is 10.4. The molecule has 0 aliphatic carbocycles. The number of ether oxygens (including phenoxy) is 1. The van der Waals surface area contributed by atoms with Crippen molar-refractivity contribution in [2.24, 2.45) is 4.99 Å². The van der Waals surface area contributed by atoms with Crippen LogP contribution in [0.2, 0.25) is 0 Å². The van der Waals surface area contributed by atoms with Crippen molar-refractivity contribution < 1.29 is 4.74 Å². The molecule has 0 fully saturated rings. The van der Waals surface area contributed by atoms with Gasteiger partial charge in [-0.05, 0) is 53.6 Å². The van der Waals surface area contributed by atoms with Crippen molar-refractivity contribution in [3.63, 3.8) is 0 Å². The molecule has 1 aliphatic heterocycles. The Morgan fingerprint density at radius 3 is 2.29 bits per heavy atom. The molecule has 2 aromatic rings. The van der Waals surface area contributed by atoms with Crippen molar-refractivity contribution in [2.45, 2.75) is 64.3 Å². The monoisotopic (exact) mass is 395 g/mol. The van der Waals surface area contributed by atoms with Crippen LogP contribution in [0.4, 0.5) is 0 Å². The lowest BCUT2D eigenvalue weighted by Crippen LogP contribution is -2.49. The Hall–Kier alpha value is -1.58. The molecule has 3 rings (SSSR count). The zero-order valence-corrected chi connectivity index (χ0v) is 19.2. The molecule has 0 saturated carbocycles. The molecule has 150 valence electrons. The summed E-state index contributed by atoms with van der Waals surface area (Å²) in [5, 5.41) is 2.62. The van der Waals surface area contributed by atoms with Crippen LogP contribution in [0, 0.1) is 0 Å². The van der Waals surface area contributed by atoms with Gasteiger partial charge in [0.1, 0.15) is 0 Å². The summed E-state index contributed by atoms with van der Waals surface area (Å²) in [6.45, 7) is 18.4. The van der Waals surface area contributed by atoms with Crippen LogP contribution in [0.25, 0.3) is 10.8 Å². The van der Waals surface area contributed by atoms with Gasteiger partial charge in [-0.25, -0.2) is 0 Å². The van der Waals surface area contributed by atoms with Crippen molar-refractivity contribution in [3.8, 4) is 0 Å². The number of allylic oxidation sites excluding steroid dienone is 1. The SMILES string of the molecule is C=C(S)C1=NC(C)(C)C(C)(CCOC)c2c1cc(C(C)(C)C)c1ccccc21. The van der Waals surface area contributed by atoms with E-state index in [0.29, 0.717) is 6.61 Å². The minimum absolute atomic E-state index is 0.0214. The van der Waals surface area contributed by atoms with Gasteiger partial charge in [0, 0.05) is 29.6 Å². The van der Waals surface area contributed by atoms with Gasteiger partial charge in [-0.2, -0.15) is 0 Å². The number of hydrogen-bond donors (Lipinski definition) is 1. The maximum Gasteiger partial charge on any atom is 0.0784 e. The highest BCUT2D eigenvalue weighted by atomic mass is 32.1. The highest BCUT2D eigenvalue weighted by Crippen LogP contribution is 2.50. The molecule has 3 heteroatoms. The summed E-state index contributed by atoms with van der Waals surface area (Å²) in [6.07, 6.45) is 0.901. The van der Waals surface area contributed by atoms with Gasteiger partial charge in [0.2, 0.25) is 0 Å². The third kappa shape index (κ3) is 3.23. The van der Waals surface area contributed by atoms with Crippen molar-refractivity contribution in [1.82, 2.24) is 0 Å². The molecule has 0 N–H and O–H groups in total. The number of methoxy groups -OCH3 is 1. The number of aliphatic imine (C=N–C) groups is 1. The minimum atomic E-state index is -0.300. The van der Waals surface area contributed by atoms with Crippen LogP contribution >= 0.6 is 12.6 Å². The Morgan fingerprint density at radius 2 is 1.75 bits per heavy atom. The fourth-order valence-electron chi connectivity index (χ4n) is 4.50. The van der Waals surface area contributed by atoms with Gasteiger partial charge in [0.05, 0.1) is 11.3 Å². The summed E-state index contributed by atoms with van der Waals surface area (Å²) in [4.78, 5) is 5.90. The first kappa shape index (κ1) is 21.1. The van der Waals surface area contributed by atoms with Crippen LogP contribution in [0.3, 0.4) is 0 Å². The van der Waals surface area contributed by atoms with Gasteiger partial charge in [-0.15, -0.1) is 12.6 Å². The number of thiol groups is 1. The van der Waals surface area contributed by atoms with Gasteiger partial charge < -0.3 is 4.74 Å². The third-order valence-corrected chi connectivity index (χ3v) is 6.69. The van der Waals surface area contributed by atoms with E-state index in [4.69, 9.17) is 9.73 Å². The summed E-state index contributed by atoms with van der Waals surface area (Å²) < 4.78 is 5.50. The van der Waals surface area contributed by atoms with E-state index in [9.17, 15) is 0 Å². The molecule has 0 aromatic heterocycles. The normalized spacial score (nSPS) is 21.4. The summed E-state index contributed by atoms with van der Waals surface area (Å²) in [5.74, 6) is 0. The molecule has 0 radical (unpaired) electrons. The lowest BCUT2D eigenvalue weighted by atomic mass is 9.61. The molecule has 0 bridgehead atoms. The zero-order chi connectivity index (χ0) is 20.9. The van der Waals surface area contributed by atoms with Crippen molar-refractivity contribution in [1.29, 1.82) is 0 Å². The maximum atomic E-state index is 5.50. The van der Waals surface area contributed by atoms with Crippen LogP contribution in [0.1, 0.15) is 64.7 Å². The standard InChI is InChI=1S/C25H33NOS/c1-16(28)22-19-15-20(23(2,3)4)17-11-9-10-12-18(17)21(19)25(7,13-14-27-8)24(5,6)26-22/h9-12,15,28H,1,13-14H2,2-8H3. The van der Waals surface area contributed by atoms with Gasteiger partial charge in [-0.1, -0.05) is 58.5 Å². The molecule has 1 aliphatic rings. The van der Waals surface area contributed by atoms with E-state index in [1.807, 2.05) is 0 Å². The number of rotatable bonds is 4. The number of benzene rings is 2. The number of fused-ring (bicyclic) bond motifs is 3. The van der Waals surface area contributed by atoms with Gasteiger partial charge in [0.25, 0.3) is 0 Å². The van der Waals surface area contributed by atoms with Gasteiger partial charge in [0.15, 0.2) is 0 Å². The predicted octanol–water partition coefficient (Wildman–Crippen LogP) is 6.46. The van der Waals surface area contributed by atoms with Crippen molar-refractivity contribution in [2.75, 3.05) is 13.7 Å². The minimum Gasteiger partial charge on any atom is -0.385 e. The van der Waals surface area contributed by atoms with E-state index < -0.39 is 0 Å². The van der Waals surface area contributed by atoms with Crippen LogP contribution in [-0.2, 0) is 15.6 Å². The Balaban J connectivity index is 2.51. The molecular weight excluding hydrogens is 362 g/mol. The average molecular weight is 396 g/mol. The summed E-state index contributed by atoms with van der Waals surface area (Å²) in [6, 6.07) is 11.1. The van der Waals surface area contributed by atoms with Crippen LogP contribution < -0.4 is 0 Å². The molecule has 0 spiro atoms. The largest absolute Gasteiger partial charge is 0.385 e. The molecule has 0 amide bonds. The second-order valence-corrected chi connectivity index (χ2v) is 10.2. The van der Waals surface area contributed by atoms with Crippen LogP contribution in [0.5, 0.6) is 0 Å². The predicted molar refractivity (Wildman–Crippen MR) is 125 cm³/mol. The number of hydrogen-bond acceptors (Lipinski definition) is 3.